The number of aromatic amines is 1. The molecule has 0 fully saturated rings. The van der Waals surface area contributed by atoms with Crippen LogP contribution < -0.4 is 5.69 Å². The third kappa shape index (κ3) is 2.62. The molecule has 0 aliphatic carbocycles. The number of hydrogen-bond acceptors (Lipinski definition) is 3. The standard InChI is InChI=1S/C14H8F3N3O/c15-14(16,17)12-6-11(19-13(21)20-12)9-5-8-3-1-2-4-10(8)18-7-9/h1-7H,(H,19,20,21). The first kappa shape index (κ1) is 13.3. The predicted octanol–water partition coefficient (Wildman–Crippen LogP) is 3.00. The lowest BCUT2D eigenvalue weighted by molar-refractivity contribution is -0.141. The third-order valence-corrected chi connectivity index (χ3v) is 2.94. The number of fused-ring (bicyclic) bond motifs is 1. The van der Waals surface area contributed by atoms with Crippen LogP contribution in [0.5, 0.6) is 0 Å². The number of alkyl halides is 3. The molecule has 0 unspecified atom stereocenters. The van der Waals surface area contributed by atoms with Gasteiger partial charge in [0, 0.05) is 17.1 Å². The second kappa shape index (κ2) is 4.69. The average molecular weight is 291 g/mol. The van der Waals surface area contributed by atoms with Crippen LogP contribution in [0.4, 0.5) is 13.2 Å². The Kier molecular flexibility index (Phi) is 2.97. The molecule has 2 heterocycles. The maximum atomic E-state index is 12.7. The average Bonchev–Trinajstić information content (AvgIpc) is 2.45. The van der Waals surface area contributed by atoms with Gasteiger partial charge in [0.05, 0.1) is 11.2 Å². The van der Waals surface area contributed by atoms with Crippen LogP contribution in [-0.2, 0) is 6.18 Å². The second-order valence-corrected chi connectivity index (χ2v) is 4.40. The molecular formula is C14H8F3N3O. The van der Waals surface area contributed by atoms with E-state index >= 15 is 0 Å². The van der Waals surface area contributed by atoms with Gasteiger partial charge in [-0.3, -0.25) is 4.98 Å². The summed E-state index contributed by atoms with van der Waals surface area (Å²) in [6.07, 6.45) is -3.24. The van der Waals surface area contributed by atoms with Gasteiger partial charge in [-0.1, -0.05) is 18.2 Å². The largest absolute Gasteiger partial charge is 0.431 e. The van der Waals surface area contributed by atoms with Crippen molar-refractivity contribution in [3.8, 4) is 11.3 Å². The number of H-pyrrole nitrogens is 1. The van der Waals surface area contributed by atoms with Gasteiger partial charge in [-0.2, -0.15) is 18.2 Å². The van der Waals surface area contributed by atoms with Gasteiger partial charge in [0.2, 0.25) is 0 Å². The summed E-state index contributed by atoms with van der Waals surface area (Å²) in [7, 11) is 0. The Bertz CT molecular complexity index is 871. The topological polar surface area (TPSA) is 58.6 Å². The molecule has 0 bridgehead atoms. The first-order valence-corrected chi connectivity index (χ1v) is 5.97. The summed E-state index contributed by atoms with van der Waals surface area (Å²) in [6, 6.07) is 9.61. The summed E-state index contributed by atoms with van der Waals surface area (Å²) in [5.41, 5.74) is -1.18. The van der Waals surface area contributed by atoms with E-state index < -0.39 is 17.6 Å². The molecule has 0 spiro atoms. The number of hydrogen-bond donors (Lipinski definition) is 1. The number of benzene rings is 1. The lowest BCUT2D eigenvalue weighted by Gasteiger charge is -2.08. The summed E-state index contributed by atoms with van der Waals surface area (Å²) in [5.74, 6) is 0. The van der Waals surface area contributed by atoms with Crippen molar-refractivity contribution in [2.24, 2.45) is 0 Å². The Morgan fingerprint density at radius 2 is 1.86 bits per heavy atom. The van der Waals surface area contributed by atoms with Crippen LogP contribution in [0.25, 0.3) is 22.2 Å². The summed E-state index contributed by atoms with van der Waals surface area (Å²) in [4.78, 5) is 20.7. The molecule has 1 N–H and O–H groups in total. The van der Waals surface area contributed by atoms with E-state index in [1.165, 1.54) is 6.20 Å². The molecule has 0 saturated carbocycles. The van der Waals surface area contributed by atoms with Gasteiger partial charge in [-0.25, -0.2) is 4.79 Å². The molecule has 0 saturated heterocycles. The molecular weight excluding hydrogens is 283 g/mol. The lowest BCUT2D eigenvalue weighted by atomic mass is 10.1. The summed E-state index contributed by atoms with van der Waals surface area (Å²) in [6.45, 7) is 0. The minimum atomic E-state index is -4.64. The Morgan fingerprint density at radius 3 is 2.62 bits per heavy atom. The predicted molar refractivity (Wildman–Crippen MR) is 70.6 cm³/mol. The zero-order valence-corrected chi connectivity index (χ0v) is 10.5. The van der Waals surface area contributed by atoms with Crippen molar-refractivity contribution >= 4 is 10.9 Å². The van der Waals surface area contributed by atoms with Crippen molar-refractivity contribution in [2.45, 2.75) is 6.18 Å². The van der Waals surface area contributed by atoms with E-state index in [1.54, 1.807) is 29.2 Å². The van der Waals surface area contributed by atoms with Gasteiger partial charge in [0.15, 0.2) is 0 Å². The number of nitrogens with zero attached hydrogens (tertiary/aromatic N) is 2. The number of para-hydroxylation sites is 1. The highest BCUT2D eigenvalue weighted by atomic mass is 19.4. The number of pyridine rings is 1. The van der Waals surface area contributed by atoms with Gasteiger partial charge in [-0.15, -0.1) is 0 Å². The fourth-order valence-corrected chi connectivity index (χ4v) is 1.97. The molecule has 1 aromatic carbocycles. The van der Waals surface area contributed by atoms with Crippen molar-refractivity contribution in [2.75, 3.05) is 0 Å². The van der Waals surface area contributed by atoms with Gasteiger partial charge < -0.3 is 4.98 Å². The van der Waals surface area contributed by atoms with Crippen molar-refractivity contribution in [3.63, 3.8) is 0 Å². The smallest absolute Gasteiger partial charge is 0.302 e. The monoisotopic (exact) mass is 291 g/mol. The van der Waals surface area contributed by atoms with Crippen LogP contribution >= 0.6 is 0 Å². The van der Waals surface area contributed by atoms with E-state index in [0.29, 0.717) is 11.1 Å². The van der Waals surface area contributed by atoms with Crippen molar-refractivity contribution < 1.29 is 13.2 Å². The van der Waals surface area contributed by atoms with Gasteiger partial charge in [-0.05, 0) is 18.2 Å². The molecule has 4 nitrogen and oxygen atoms in total. The molecule has 0 atom stereocenters. The van der Waals surface area contributed by atoms with Crippen LogP contribution in [-0.4, -0.2) is 15.0 Å². The van der Waals surface area contributed by atoms with Crippen LogP contribution in [0.1, 0.15) is 5.69 Å². The fraction of sp³-hybridized carbons (Fsp3) is 0.0714. The van der Waals surface area contributed by atoms with Crippen molar-refractivity contribution in [1.29, 1.82) is 0 Å². The molecule has 106 valence electrons. The van der Waals surface area contributed by atoms with E-state index in [0.717, 1.165) is 11.5 Å². The Labute approximate surface area is 116 Å². The number of halogens is 3. The van der Waals surface area contributed by atoms with Crippen LogP contribution in [0.2, 0.25) is 0 Å². The highest BCUT2D eigenvalue weighted by molar-refractivity contribution is 5.82. The molecule has 0 amide bonds. The van der Waals surface area contributed by atoms with Gasteiger partial charge >= 0.3 is 11.9 Å². The molecule has 0 aliphatic rings. The SMILES string of the molecule is O=c1nc(-c2cnc3ccccc3c2)cc(C(F)(F)F)[nH]1. The zero-order valence-electron chi connectivity index (χ0n) is 10.5. The molecule has 21 heavy (non-hydrogen) atoms. The lowest BCUT2D eigenvalue weighted by Crippen LogP contribution is -2.19. The summed E-state index contributed by atoms with van der Waals surface area (Å²) >= 11 is 0. The summed E-state index contributed by atoms with van der Waals surface area (Å²) < 4.78 is 38.1. The number of aromatic nitrogens is 3. The van der Waals surface area contributed by atoms with E-state index in [2.05, 4.69) is 9.97 Å². The molecule has 7 heteroatoms. The molecule has 3 rings (SSSR count). The fourth-order valence-electron chi connectivity index (χ4n) is 1.97. The molecule has 0 radical (unpaired) electrons. The van der Waals surface area contributed by atoms with E-state index in [1.807, 2.05) is 6.07 Å². The van der Waals surface area contributed by atoms with Crippen LogP contribution in [0.15, 0.2) is 47.4 Å². The van der Waals surface area contributed by atoms with Crippen molar-refractivity contribution in [3.05, 3.63) is 58.8 Å². The molecule has 2 aromatic heterocycles. The second-order valence-electron chi connectivity index (χ2n) is 4.40. The first-order valence-electron chi connectivity index (χ1n) is 5.97. The highest BCUT2D eigenvalue weighted by Gasteiger charge is 2.32. The maximum absolute atomic E-state index is 12.7. The van der Waals surface area contributed by atoms with Crippen molar-refractivity contribution in [1.82, 2.24) is 15.0 Å². The van der Waals surface area contributed by atoms with E-state index in [4.69, 9.17) is 0 Å². The normalized spacial score (nSPS) is 11.8. The Balaban J connectivity index is 2.18. The van der Waals surface area contributed by atoms with E-state index in [-0.39, 0.29) is 5.69 Å². The van der Waals surface area contributed by atoms with Gasteiger partial charge in [0.1, 0.15) is 5.69 Å². The molecule has 0 aliphatic heterocycles. The highest BCUT2D eigenvalue weighted by Crippen LogP contribution is 2.29. The van der Waals surface area contributed by atoms with Crippen LogP contribution in [0.3, 0.4) is 0 Å². The quantitative estimate of drug-likeness (QED) is 0.749. The number of rotatable bonds is 1. The third-order valence-electron chi connectivity index (χ3n) is 2.94. The maximum Gasteiger partial charge on any atom is 0.431 e. The zero-order chi connectivity index (χ0) is 15.0. The number of nitrogens with one attached hydrogen (secondary N) is 1. The minimum absolute atomic E-state index is 0.0654. The van der Waals surface area contributed by atoms with E-state index in [9.17, 15) is 18.0 Å². The Hall–Kier alpha value is -2.70. The molecule has 3 aromatic rings. The van der Waals surface area contributed by atoms with Crippen LogP contribution in [0, 0.1) is 0 Å². The minimum Gasteiger partial charge on any atom is -0.302 e. The Morgan fingerprint density at radius 1 is 1.10 bits per heavy atom. The first-order chi connectivity index (χ1) is 9.93. The summed E-state index contributed by atoms with van der Waals surface area (Å²) in [5, 5.41) is 0.755. The van der Waals surface area contributed by atoms with Gasteiger partial charge in [0.25, 0.3) is 0 Å².